The van der Waals surface area contributed by atoms with Gasteiger partial charge < -0.3 is 16.0 Å². The van der Waals surface area contributed by atoms with Crippen LogP contribution < -0.4 is 11.1 Å². The molecule has 5 nitrogen and oxygen atoms in total. The highest BCUT2D eigenvalue weighted by molar-refractivity contribution is 5.30. The molecule has 94 valence electrons. The van der Waals surface area contributed by atoms with Gasteiger partial charge in [0.2, 0.25) is 5.95 Å². The van der Waals surface area contributed by atoms with Crippen LogP contribution in [0.4, 0.5) is 5.95 Å². The lowest BCUT2D eigenvalue weighted by molar-refractivity contribution is 0.243. The largest absolute Gasteiger partial charge is 0.368 e. The van der Waals surface area contributed by atoms with Crippen molar-refractivity contribution in [3.05, 3.63) is 17.0 Å². The molecule has 0 radical (unpaired) electrons. The summed E-state index contributed by atoms with van der Waals surface area (Å²) in [6.45, 7) is 9.56. The summed E-state index contributed by atoms with van der Waals surface area (Å²) in [6, 6.07) is 0. The van der Waals surface area contributed by atoms with Crippen molar-refractivity contribution in [1.82, 2.24) is 20.2 Å². The number of nitrogen functional groups attached to an aromatic ring is 1. The molecule has 0 spiro atoms. The Morgan fingerprint density at radius 1 is 1.18 bits per heavy atom. The van der Waals surface area contributed by atoms with Crippen LogP contribution in [-0.4, -0.2) is 47.6 Å². The molecule has 1 aromatic heterocycles. The quantitative estimate of drug-likeness (QED) is 0.779. The van der Waals surface area contributed by atoms with E-state index in [9.17, 15) is 0 Å². The van der Waals surface area contributed by atoms with Crippen LogP contribution in [0.15, 0.2) is 0 Å². The van der Waals surface area contributed by atoms with Crippen LogP contribution >= 0.6 is 0 Å². The molecule has 1 aliphatic rings. The first kappa shape index (κ1) is 12.3. The van der Waals surface area contributed by atoms with Gasteiger partial charge in [-0.05, 0) is 25.8 Å². The maximum absolute atomic E-state index is 5.63. The Balaban J connectivity index is 1.98. The number of hydrogen-bond acceptors (Lipinski definition) is 5. The summed E-state index contributed by atoms with van der Waals surface area (Å²) in [5, 5.41) is 3.36. The predicted molar refractivity (Wildman–Crippen MR) is 68.9 cm³/mol. The van der Waals surface area contributed by atoms with E-state index >= 15 is 0 Å². The summed E-state index contributed by atoms with van der Waals surface area (Å²) in [5.41, 5.74) is 8.91. The molecule has 0 aliphatic carbocycles. The SMILES string of the molecule is Cc1nc(N)nc(C)c1CCN1CCNCC1. The van der Waals surface area contributed by atoms with E-state index in [0.717, 1.165) is 50.5 Å². The Morgan fingerprint density at radius 2 is 1.76 bits per heavy atom. The number of hydrogen-bond donors (Lipinski definition) is 2. The first-order valence-corrected chi connectivity index (χ1v) is 6.19. The fraction of sp³-hybridized carbons (Fsp3) is 0.667. The maximum atomic E-state index is 5.63. The van der Waals surface area contributed by atoms with Crippen molar-refractivity contribution in [2.45, 2.75) is 20.3 Å². The third-order valence-electron chi connectivity index (χ3n) is 3.33. The van der Waals surface area contributed by atoms with Gasteiger partial charge in [-0.15, -0.1) is 0 Å². The molecular formula is C12H21N5. The molecule has 0 bridgehead atoms. The van der Waals surface area contributed by atoms with Gasteiger partial charge in [-0.3, -0.25) is 0 Å². The molecule has 1 fully saturated rings. The number of rotatable bonds is 3. The lowest BCUT2D eigenvalue weighted by Crippen LogP contribution is -2.44. The molecular weight excluding hydrogens is 214 g/mol. The van der Waals surface area contributed by atoms with Crippen LogP contribution in [0.25, 0.3) is 0 Å². The predicted octanol–water partition coefficient (Wildman–Crippen LogP) is 0.123. The van der Waals surface area contributed by atoms with Crippen LogP contribution in [0, 0.1) is 13.8 Å². The van der Waals surface area contributed by atoms with Gasteiger partial charge in [0.1, 0.15) is 0 Å². The van der Waals surface area contributed by atoms with E-state index in [2.05, 4.69) is 20.2 Å². The molecule has 0 aromatic carbocycles. The molecule has 0 saturated carbocycles. The number of nitrogens with zero attached hydrogens (tertiary/aromatic N) is 3. The molecule has 1 aliphatic heterocycles. The van der Waals surface area contributed by atoms with Crippen molar-refractivity contribution in [1.29, 1.82) is 0 Å². The summed E-state index contributed by atoms with van der Waals surface area (Å²) >= 11 is 0. The van der Waals surface area contributed by atoms with Gasteiger partial charge in [0.25, 0.3) is 0 Å². The van der Waals surface area contributed by atoms with Crippen LogP contribution in [0.2, 0.25) is 0 Å². The van der Waals surface area contributed by atoms with Crippen LogP contribution in [-0.2, 0) is 6.42 Å². The molecule has 17 heavy (non-hydrogen) atoms. The molecule has 0 atom stereocenters. The third-order valence-corrected chi connectivity index (χ3v) is 3.33. The van der Waals surface area contributed by atoms with E-state index in [1.165, 1.54) is 5.56 Å². The van der Waals surface area contributed by atoms with Crippen molar-refractivity contribution in [2.24, 2.45) is 0 Å². The van der Waals surface area contributed by atoms with Crippen LogP contribution in [0.5, 0.6) is 0 Å². The Morgan fingerprint density at radius 3 is 2.35 bits per heavy atom. The Labute approximate surface area is 102 Å². The minimum Gasteiger partial charge on any atom is -0.368 e. The smallest absolute Gasteiger partial charge is 0.220 e. The molecule has 5 heteroatoms. The summed E-state index contributed by atoms with van der Waals surface area (Å²) in [4.78, 5) is 10.9. The van der Waals surface area contributed by atoms with Crippen molar-refractivity contribution < 1.29 is 0 Å². The van der Waals surface area contributed by atoms with Gasteiger partial charge in [-0.2, -0.15) is 0 Å². The van der Waals surface area contributed by atoms with E-state index in [1.54, 1.807) is 0 Å². The van der Waals surface area contributed by atoms with Crippen molar-refractivity contribution in [3.8, 4) is 0 Å². The topological polar surface area (TPSA) is 67.1 Å². The zero-order chi connectivity index (χ0) is 12.3. The minimum absolute atomic E-state index is 0.380. The normalized spacial score (nSPS) is 17.3. The Kier molecular flexibility index (Phi) is 3.91. The number of anilines is 1. The highest BCUT2D eigenvalue weighted by atomic mass is 15.2. The standard InChI is InChI=1S/C12H21N5/c1-9-11(10(2)16-12(13)15-9)3-6-17-7-4-14-5-8-17/h14H,3-8H2,1-2H3,(H2,13,15,16). The highest BCUT2D eigenvalue weighted by Crippen LogP contribution is 2.12. The minimum atomic E-state index is 0.380. The number of aryl methyl sites for hydroxylation is 2. The molecule has 1 aromatic rings. The number of piperazine rings is 1. The molecule has 2 rings (SSSR count). The summed E-state index contributed by atoms with van der Waals surface area (Å²) < 4.78 is 0. The van der Waals surface area contributed by atoms with Crippen LogP contribution in [0.1, 0.15) is 17.0 Å². The molecule has 3 N–H and O–H groups in total. The van der Waals surface area contributed by atoms with E-state index in [0.29, 0.717) is 5.95 Å². The first-order valence-electron chi connectivity index (χ1n) is 6.19. The van der Waals surface area contributed by atoms with E-state index in [1.807, 2.05) is 13.8 Å². The van der Waals surface area contributed by atoms with Crippen LogP contribution in [0.3, 0.4) is 0 Å². The summed E-state index contributed by atoms with van der Waals surface area (Å²) in [5.74, 6) is 0.380. The number of aromatic nitrogens is 2. The Hall–Kier alpha value is -1.20. The first-order chi connectivity index (χ1) is 8.16. The second-order valence-corrected chi connectivity index (χ2v) is 4.57. The molecule has 1 saturated heterocycles. The molecule has 0 amide bonds. The van der Waals surface area contributed by atoms with Gasteiger partial charge in [0, 0.05) is 44.1 Å². The van der Waals surface area contributed by atoms with Crippen molar-refractivity contribution >= 4 is 5.95 Å². The zero-order valence-electron chi connectivity index (χ0n) is 10.7. The second-order valence-electron chi connectivity index (χ2n) is 4.57. The van der Waals surface area contributed by atoms with E-state index < -0.39 is 0 Å². The molecule has 2 heterocycles. The highest BCUT2D eigenvalue weighted by Gasteiger charge is 2.12. The number of nitrogens with one attached hydrogen (secondary N) is 1. The van der Waals surface area contributed by atoms with Gasteiger partial charge in [-0.1, -0.05) is 0 Å². The summed E-state index contributed by atoms with van der Waals surface area (Å²) in [6.07, 6.45) is 1.01. The Bertz CT molecular complexity index is 361. The lowest BCUT2D eigenvalue weighted by Gasteiger charge is -2.27. The van der Waals surface area contributed by atoms with Crippen molar-refractivity contribution in [3.63, 3.8) is 0 Å². The third kappa shape index (κ3) is 3.14. The second kappa shape index (κ2) is 5.42. The fourth-order valence-electron chi connectivity index (χ4n) is 2.33. The zero-order valence-corrected chi connectivity index (χ0v) is 10.7. The van der Waals surface area contributed by atoms with Gasteiger partial charge in [-0.25, -0.2) is 9.97 Å². The monoisotopic (exact) mass is 235 g/mol. The summed E-state index contributed by atoms with van der Waals surface area (Å²) in [7, 11) is 0. The van der Waals surface area contributed by atoms with E-state index in [-0.39, 0.29) is 0 Å². The lowest BCUT2D eigenvalue weighted by atomic mass is 10.1. The average molecular weight is 235 g/mol. The molecule has 0 unspecified atom stereocenters. The van der Waals surface area contributed by atoms with Gasteiger partial charge in [0.05, 0.1) is 0 Å². The number of nitrogens with two attached hydrogens (primary N) is 1. The van der Waals surface area contributed by atoms with Gasteiger partial charge in [0.15, 0.2) is 0 Å². The average Bonchev–Trinajstić information content (AvgIpc) is 2.29. The van der Waals surface area contributed by atoms with Crippen molar-refractivity contribution in [2.75, 3.05) is 38.5 Å². The van der Waals surface area contributed by atoms with Gasteiger partial charge >= 0.3 is 0 Å². The van der Waals surface area contributed by atoms with E-state index in [4.69, 9.17) is 5.73 Å². The maximum Gasteiger partial charge on any atom is 0.220 e. The fourth-order valence-corrected chi connectivity index (χ4v) is 2.33.